The van der Waals surface area contributed by atoms with Crippen molar-refractivity contribution in [3.8, 4) is 11.5 Å². The molecule has 0 amide bonds. The van der Waals surface area contributed by atoms with Crippen LogP contribution in [0, 0.1) is 0 Å². The average molecular weight is 364 g/mol. The lowest BCUT2D eigenvalue weighted by molar-refractivity contribution is -0.134. The number of esters is 1. The van der Waals surface area contributed by atoms with Crippen molar-refractivity contribution < 1.29 is 31.4 Å². The van der Waals surface area contributed by atoms with E-state index in [-0.39, 0.29) is 18.1 Å². The van der Waals surface area contributed by atoms with Crippen molar-refractivity contribution in [2.75, 3.05) is 7.11 Å². The Bertz CT molecular complexity index is 858. The predicted octanol–water partition coefficient (Wildman–Crippen LogP) is 2.63. The van der Waals surface area contributed by atoms with Crippen LogP contribution in [0.25, 0.3) is 6.08 Å². The molecule has 0 saturated heterocycles. The first-order valence-corrected chi connectivity index (χ1v) is 8.47. The fourth-order valence-electron chi connectivity index (χ4n) is 1.89. The molecule has 0 aliphatic rings. The summed E-state index contributed by atoms with van der Waals surface area (Å²) in [6, 6.07) is 13.6. The number of carbonyl (C=O) groups excluding carboxylic acids is 1. The Hall–Kier alpha value is -2.84. The van der Waals surface area contributed by atoms with Crippen molar-refractivity contribution in [2.24, 2.45) is 0 Å². The first kappa shape index (κ1) is 18.5. The summed E-state index contributed by atoms with van der Waals surface area (Å²) in [5, 5.41) is 0. The molecule has 132 valence electrons. The van der Waals surface area contributed by atoms with Crippen LogP contribution in [0.3, 0.4) is 0 Å². The molecule has 0 spiro atoms. The van der Waals surface area contributed by atoms with Crippen molar-refractivity contribution in [3.05, 3.63) is 65.7 Å². The molecule has 0 aliphatic carbocycles. The molecule has 0 unspecified atom stereocenters. The second-order valence-corrected chi connectivity index (χ2v) is 5.87. The van der Waals surface area contributed by atoms with Gasteiger partial charge in [0.2, 0.25) is 0 Å². The Morgan fingerprint density at radius 1 is 1.12 bits per heavy atom. The third-order valence-electron chi connectivity index (χ3n) is 3.01. The van der Waals surface area contributed by atoms with Crippen LogP contribution >= 0.6 is 0 Å². The van der Waals surface area contributed by atoms with Crippen LogP contribution in [0.1, 0.15) is 11.1 Å². The molecule has 2 rings (SSSR count). The lowest BCUT2D eigenvalue weighted by atomic mass is 10.2. The van der Waals surface area contributed by atoms with Gasteiger partial charge in [-0.15, -0.1) is 0 Å². The molecular weight excluding hydrogens is 348 g/mol. The summed E-state index contributed by atoms with van der Waals surface area (Å²) in [7, 11) is -3.49. The summed E-state index contributed by atoms with van der Waals surface area (Å²) in [5.41, 5.74) is 1.33. The highest BCUT2D eigenvalue weighted by Crippen LogP contribution is 2.30. The summed E-state index contributed by atoms with van der Waals surface area (Å²) in [6.07, 6.45) is 2.57. The van der Waals surface area contributed by atoms with E-state index in [2.05, 4.69) is 8.92 Å². The smallest absolute Gasteiger partial charge is 0.446 e. The molecule has 2 aromatic rings. The highest BCUT2D eigenvalue weighted by Gasteiger charge is 2.14. The minimum atomic E-state index is -4.73. The quantitative estimate of drug-likeness (QED) is 0.458. The molecule has 25 heavy (non-hydrogen) atoms. The molecule has 0 saturated carbocycles. The highest BCUT2D eigenvalue weighted by molar-refractivity contribution is 7.81. The van der Waals surface area contributed by atoms with Crippen molar-refractivity contribution in [1.29, 1.82) is 0 Å². The number of methoxy groups -OCH3 is 1. The van der Waals surface area contributed by atoms with Crippen LogP contribution in [0.5, 0.6) is 11.5 Å². The SMILES string of the molecule is COC(=O)/C=C/c1ccc(OCc2ccccc2)c(OS(=O)(=O)O)c1. The molecule has 7 nitrogen and oxygen atoms in total. The van der Waals surface area contributed by atoms with Crippen molar-refractivity contribution in [3.63, 3.8) is 0 Å². The standard InChI is InChI=1S/C17H16O7S/c1-22-17(18)10-8-13-7-9-15(16(11-13)24-25(19,20)21)23-12-14-5-3-2-4-6-14/h2-11H,12H2,1H3,(H,19,20,21)/b10-8+. The second kappa shape index (κ2) is 8.32. The average Bonchev–Trinajstić information content (AvgIpc) is 2.58. The third-order valence-corrected chi connectivity index (χ3v) is 3.40. The van der Waals surface area contributed by atoms with Gasteiger partial charge in [0.05, 0.1) is 7.11 Å². The maximum absolute atomic E-state index is 11.1. The molecule has 8 heteroatoms. The van der Waals surface area contributed by atoms with Gasteiger partial charge in [-0.05, 0) is 29.3 Å². The first-order valence-electron chi connectivity index (χ1n) is 7.11. The van der Waals surface area contributed by atoms with E-state index in [9.17, 15) is 13.2 Å². The van der Waals surface area contributed by atoms with E-state index in [1.54, 1.807) is 6.07 Å². The van der Waals surface area contributed by atoms with Gasteiger partial charge in [0.15, 0.2) is 11.5 Å². The zero-order valence-corrected chi connectivity index (χ0v) is 14.1. The Kier molecular flexibility index (Phi) is 6.15. The number of hydrogen-bond acceptors (Lipinski definition) is 6. The predicted molar refractivity (Wildman–Crippen MR) is 90.4 cm³/mol. The van der Waals surface area contributed by atoms with Gasteiger partial charge in [-0.25, -0.2) is 4.79 Å². The van der Waals surface area contributed by atoms with E-state index in [1.165, 1.54) is 25.3 Å². The summed E-state index contributed by atoms with van der Waals surface area (Å²) in [4.78, 5) is 11.1. The van der Waals surface area contributed by atoms with Gasteiger partial charge in [-0.2, -0.15) is 8.42 Å². The molecule has 0 aliphatic heterocycles. The van der Waals surface area contributed by atoms with E-state index in [4.69, 9.17) is 9.29 Å². The van der Waals surface area contributed by atoms with Gasteiger partial charge in [0, 0.05) is 6.08 Å². The minimum Gasteiger partial charge on any atom is -0.485 e. The normalized spacial score (nSPS) is 11.3. The lowest BCUT2D eigenvalue weighted by Gasteiger charge is -2.11. The Labute approximate surface area is 145 Å². The van der Waals surface area contributed by atoms with Gasteiger partial charge in [-0.3, -0.25) is 4.55 Å². The summed E-state index contributed by atoms with van der Waals surface area (Å²) < 4.78 is 45.6. The topological polar surface area (TPSA) is 99.1 Å². The molecule has 0 bridgehead atoms. The Balaban J connectivity index is 2.25. The van der Waals surface area contributed by atoms with Crippen LogP contribution < -0.4 is 8.92 Å². The van der Waals surface area contributed by atoms with E-state index in [0.29, 0.717) is 5.56 Å². The van der Waals surface area contributed by atoms with E-state index in [0.717, 1.165) is 11.6 Å². The lowest BCUT2D eigenvalue weighted by Crippen LogP contribution is -2.08. The van der Waals surface area contributed by atoms with Crippen LogP contribution in [-0.4, -0.2) is 26.0 Å². The highest BCUT2D eigenvalue weighted by atomic mass is 32.3. The fourth-order valence-corrected chi connectivity index (χ4v) is 2.25. The molecule has 0 atom stereocenters. The van der Waals surface area contributed by atoms with Gasteiger partial charge in [0.1, 0.15) is 6.61 Å². The number of ether oxygens (including phenoxy) is 2. The molecule has 1 N–H and O–H groups in total. The maximum atomic E-state index is 11.1. The summed E-state index contributed by atoms with van der Waals surface area (Å²) in [6.45, 7) is 0.181. The van der Waals surface area contributed by atoms with Crippen molar-refractivity contribution in [2.45, 2.75) is 6.61 Å². The van der Waals surface area contributed by atoms with Crippen LogP contribution in [0.4, 0.5) is 0 Å². The first-order chi connectivity index (χ1) is 11.9. The minimum absolute atomic E-state index is 0.122. The monoisotopic (exact) mass is 364 g/mol. The van der Waals surface area contributed by atoms with E-state index >= 15 is 0 Å². The van der Waals surface area contributed by atoms with Crippen LogP contribution in [0.15, 0.2) is 54.6 Å². The van der Waals surface area contributed by atoms with Gasteiger partial charge in [-0.1, -0.05) is 36.4 Å². The fraction of sp³-hybridized carbons (Fsp3) is 0.118. The van der Waals surface area contributed by atoms with Gasteiger partial charge >= 0.3 is 16.4 Å². The number of benzene rings is 2. The van der Waals surface area contributed by atoms with E-state index < -0.39 is 16.4 Å². The molecule has 2 aromatic carbocycles. The van der Waals surface area contributed by atoms with Crippen LogP contribution in [0.2, 0.25) is 0 Å². The van der Waals surface area contributed by atoms with Gasteiger partial charge < -0.3 is 13.7 Å². The number of rotatable bonds is 7. The Morgan fingerprint density at radius 2 is 1.84 bits per heavy atom. The zero-order chi connectivity index (χ0) is 18.3. The number of hydrogen-bond donors (Lipinski definition) is 1. The summed E-state index contributed by atoms with van der Waals surface area (Å²) >= 11 is 0. The van der Waals surface area contributed by atoms with Gasteiger partial charge in [0.25, 0.3) is 0 Å². The summed E-state index contributed by atoms with van der Waals surface area (Å²) in [5.74, 6) is -0.649. The maximum Gasteiger partial charge on any atom is 0.446 e. The third kappa shape index (κ3) is 6.28. The molecule has 0 radical (unpaired) electrons. The van der Waals surface area contributed by atoms with Crippen molar-refractivity contribution >= 4 is 22.4 Å². The molecule has 0 heterocycles. The molecule has 0 fully saturated rings. The molecular formula is C17H16O7S. The zero-order valence-electron chi connectivity index (χ0n) is 13.3. The second-order valence-electron chi connectivity index (χ2n) is 4.85. The number of carbonyl (C=O) groups is 1. The van der Waals surface area contributed by atoms with Crippen LogP contribution in [-0.2, 0) is 26.5 Å². The molecule has 0 aromatic heterocycles. The van der Waals surface area contributed by atoms with Crippen molar-refractivity contribution in [1.82, 2.24) is 0 Å². The largest absolute Gasteiger partial charge is 0.485 e. The van der Waals surface area contributed by atoms with E-state index in [1.807, 2.05) is 30.3 Å². The Morgan fingerprint density at radius 3 is 2.48 bits per heavy atom.